The van der Waals surface area contributed by atoms with Crippen LogP contribution in [0.1, 0.15) is 0 Å². The van der Waals surface area contributed by atoms with Gasteiger partial charge in [0.25, 0.3) is 0 Å². The Kier molecular flexibility index (Phi) is 8.01. The van der Waals surface area contributed by atoms with Gasteiger partial charge in [-0.2, -0.15) is 0 Å². The van der Waals surface area contributed by atoms with E-state index in [1.54, 1.807) is 11.3 Å². The number of anilines is 3. The molecule has 0 atom stereocenters. The number of furan rings is 1. The number of benzene rings is 9. The zero-order valence-electron chi connectivity index (χ0n) is 30.8. The zero-order valence-corrected chi connectivity index (χ0v) is 31.7. The molecule has 0 N–H and O–H groups in total. The van der Waals surface area contributed by atoms with Crippen LogP contribution >= 0.6 is 11.3 Å². The summed E-state index contributed by atoms with van der Waals surface area (Å²) in [7, 11) is 0. The Hall–Kier alpha value is -7.27. The van der Waals surface area contributed by atoms with Crippen molar-refractivity contribution in [3.05, 3.63) is 206 Å². The normalized spacial score (nSPS) is 11.5. The summed E-state index contributed by atoms with van der Waals surface area (Å²) in [6.07, 6.45) is 0. The number of nitrogens with zero attached hydrogens (tertiary/aromatic N) is 2. The number of para-hydroxylation sites is 2. The van der Waals surface area contributed by atoms with Gasteiger partial charge in [0.15, 0.2) is 0 Å². The van der Waals surface area contributed by atoms with E-state index in [-0.39, 0.29) is 0 Å². The summed E-state index contributed by atoms with van der Waals surface area (Å²) in [6.45, 7) is 0. The Balaban J connectivity index is 1.03. The maximum absolute atomic E-state index is 6.71. The Bertz CT molecular complexity index is 3170. The van der Waals surface area contributed by atoms with Crippen LogP contribution in [0.5, 0.6) is 0 Å². The lowest BCUT2D eigenvalue weighted by Gasteiger charge is -2.26. The first-order valence-corrected chi connectivity index (χ1v) is 20.0. The fourth-order valence-corrected chi connectivity index (χ4v) is 9.01. The number of hydrogen-bond donors (Lipinski definition) is 0. The smallest absolute Gasteiger partial charge is 0.136 e. The van der Waals surface area contributed by atoms with Gasteiger partial charge in [-0.15, -0.1) is 11.3 Å². The molecule has 0 radical (unpaired) electrons. The van der Waals surface area contributed by atoms with Gasteiger partial charge in [0.1, 0.15) is 16.2 Å². The molecule has 0 unspecified atom stereocenters. The van der Waals surface area contributed by atoms with Crippen LogP contribution < -0.4 is 4.90 Å². The fourth-order valence-electron chi connectivity index (χ4n) is 8.03. The molecule has 57 heavy (non-hydrogen) atoms. The van der Waals surface area contributed by atoms with Crippen molar-refractivity contribution in [3.8, 4) is 44.0 Å². The quantitative estimate of drug-likeness (QED) is 0.163. The third-order valence-electron chi connectivity index (χ3n) is 10.9. The van der Waals surface area contributed by atoms with Gasteiger partial charge in [-0.3, -0.25) is 0 Å². The number of rotatable bonds is 7. The first-order valence-electron chi connectivity index (χ1n) is 19.2. The predicted molar refractivity (Wildman–Crippen MR) is 241 cm³/mol. The van der Waals surface area contributed by atoms with Crippen LogP contribution in [0.4, 0.5) is 17.1 Å². The fraction of sp³-hybridized carbons (Fsp3) is 0. The van der Waals surface area contributed by atoms with Crippen LogP contribution in [0.3, 0.4) is 0 Å². The number of fused-ring (bicyclic) bond motifs is 5. The molecule has 3 nitrogen and oxygen atoms in total. The number of thiazole rings is 1. The van der Waals surface area contributed by atoms with Crippen LogP contribution in [0, 0.1) is 0 Å². The molecule has 0 aliphatic rings. The molecule has 0 aliphatic heterocycles. The summed E-state index contributed by atoms with van der Waals surface area (Å²) < 4.78 is 7.91. The molecular weight excluding hydrogens is 713 g/mol. The van der Waals surface area contributed by atoms with E-state index in [9.17, 15) is 0 Å². The molecule has 0 spiro atoms. The minimum Gasteiger partial charge on any atom is -0.456 e. The van der Waals surface area contributed by atoms with E-state index in [0.29, 0.717) is 0 Å². The predicted octanol–water partition coefficient (Wildman–Crippen LogP) is 15.5. The minimum atomic E-state index is 0.872. The van der Waals surface area contributed by atoms with Crippen molar-refractivity contribution in [3.63, 3.8) is 0 Å². The molecule has 4 heteroatoms. The van der Waals surface area contributed by atoms with E-state index in [1.165, 1.54) is 26.6 Å². The molecule has 2 aromatic heterocycles. The molecule has 0 saturated heterocycles. The first-order chi connectivity index (χ1) is 28.2. The average molecular weight is 747 g/mol. The Morgan fingerprint density at radius 1 is 0.404 bits per heavy atom. The van der Waals surface area contributed by atoms with Crippen LogP contribution in [0.15, 0.2) is 211 Å². The molecule has 11 aromatic rings. The van der Waals surface area contributed by atoms with Crippen molar-refractivity contribution in [2.45, 2.75) is 0 Å². The van der Waals surface area contributed by atoms with Crippen LogP contribution in [0.2, 0.25) is 0 Å². The van der Waals surface area contributed by atoms with Crippen molar-refractivity contribution >= 4 is 71.3 Å². The topological polar surface area (TPSA) is 29.3 Å². The van der Waals surface area contributed by atoms with Crippen LogP contribution in [-0.4, -0.2) is 4.98 Å². The summed E-state index contributed by atoms with van der Waals surface area (Å²) in [4.78, 5) is 7.22. The summed E-state index contributed by atoms with van der Waals surface area (Å²) in [5, 5.41) is 5.62. The van der Waals surface area contributed by atoms with E-state index in [0.717, 1.165) is 77.3 Å². The van der Waals surface area contributed by atoms with Gasteiger partial charge in [0, 0.05) is 33.4 Å². The van der Waals surface area contributed by atoms with Gasteiger partial charge >= 0.3 is 0 Å². The maximum atomic E-state index is 6.71. The number of aromatic nitrogens is 1. The highest BCUT2D eigenvalue weighted by molar-refractivity contribution is 7.21. The lowest BCUT2D eigenvalue weighted by molar-refractivity contribution is 0.669. The summed E-state index contributed by atoms with van der Waals surface area (Å²) in [5.41, 5.74) is 14.1. The SMILES string of the molecule is c1ccc(-c2ccc(N(c3ccccc3)c3ccc(-c4cc(-c5ccc(-c6nc7ccccc7s6)cc5)cc5oc6cc7ccccc7cc6c45)cc3)cc2)cc1. The van der Waals surface area contributed by atoms with Crippen LogP contribution in [0.25, 0.3) is 86.9 Å². The highest BCUT2D eigenvalue weighted by Gasteiger charge is 2.18. The molecular formula is C53H34N2OS. The molecule has 0 fully saturated rings. The Labute approximate surface area is 334 Å². The molecule has 0 amide bonds. The lowest BCUT2D eigenvalue weighted by atomic mass is 9.93. The van der Waals surface area contributed by atoms with E-state index in [4.69, 9.17) is 9.40 Å². The second-order valence-corrected chi connectivity index (χ2v) is 15.4. The van der Waals surface area contributed by atoms with Gasteiger partial charge in [0.05, 0.1) is 10.2 Å². The zero-order chi connectivity index (χ0) is 37.7. The second kappa shape index (κ2) is 13.8. The van der Waals surface area contributed by atoms with E-state index in [2.05, 4.69) is 205 Å². The monoisotopic (exact) mass is 746 g/mol. The standard InChI is InChI=1S/C53H34N2OS/c1-3-11-35(12-4-1)36-23-27-44(28-24-36)55(43-15-5-2-6-16-43)45-29-25-38(26-30-45)46-32-42(34-50-52(46)47-31-40-13-7-8-14-41(40)33-49(47)56-50)37-19-21-39(22-20-37)53-54-48-17-9-10-18-51(48)57-53/h1-34H. The highest BCUT2D eigenvalue weighted by atomic mass is 32.1. The van der Waals surface area contributed by atoms with Gasteiger partial charge in [-0.1, -0.05) is 133 Å². The van der Waals surface area contributed by atoms with Crippen LogP contribution in [-0.2, 0) is 0 Å². The third-order valence-corrected chi connectivity index (χ3v) is 12.0. The molecule has 268 valence electrons. The van der Waals surface area contributed by atoms with Crippen molar-refractivity contribution in [1.82, 2.24) is 4.98 Å². The van der Waals surface area contributed by atoms with Crippen molar-refractivity contribution < 1.29 is 4.42 Å². The molecule has 0 aliphatic carbocycles. The van der Waals surface area contributed by atoms with Crippen molar-refractivity contribution in [1.29, 1.82) is 0 Å². The molecule has 0 bridgehead atoms. The van der Waals surface area contributed by atoms with Gasteiger partial charge in [0.2, 0.25) is 0 Å². The average Bonchev–Trinajstić information content (AvgIpc) is 3.88. The van der Waals surface area contributed by atoms with E-state index >= 15 is 0 Å². The molecule has 2 heterocycles. The first kappa shape index (κ1) is 33.1. The van der Waals surface area contributed by atoms with E-state index < -0.39 is 0 Å². The second-order valence-electron chi connectivity index (χ2n) is 14.4. The molecule has 9 aromatic carbocycles. The largest absolute Gasteiger partial charge is 0.456 e. The van der Waals surface area contributed by atoms with Gasteiger partial charge in [-0.25, -0.2) is 4.98 Å². The highest BCUT2D eigenvalue weighted by Crippen LogP contribution is 2.43. The maximum Gasteiger partial charge on any atom is 0.136 e. The summed E-state index contributed by atoms with van der Waals surface area (Å²) >= 11 is 1.73. The molecule has 0 saturated carbocycles. The Morgan fingerprint density at radius 2 is 0.947 bits per heavy atom. The summed E-state index contributed by atoms with van der Waals surface area (Å²) in [5.74, 6) is 0. The van der Waals surface area contributed by atoms with E-state index in [1.807, 2.05) is 6.07 Å². The summed E-state index contributed by atoms with van der Waals surface area (Å²) in [6, 6.07) is 73.4. The molecule has 11 rings (SSSR count). The van der Waals surface area contributed by atoms with Crippen molar-refractivity contribution in [2.24, 2.45) is 0 Å². The minimum absolute atomic E-state index is 0.872. The number of hydrogen-bond acceptors (Lipinski definition) is 4. The van der Waals surface area contributed by atoms with Gasteiger partial charge < -0.3 is 9.32 Å². The Morgan fingerprint density at radius 3 is 1.67 bits per heavy atom. The van der Waals surface area contributed by atoms with Gasteiger partial charge in [-0.05, 0) is 117 Å². The van der Waals surface area contributed by atoms with Crippen molar-refractivity contribution in [2.75, 3.05) is 4.90 Å². The lowest BCUT2D eigenvalue weighted by Crippen LogP contribution is -2.09. The third kappa shape index (κ3) is 6.04.